The molecule has 0 atom stereocenters. The highest BCUT2D eigenvalue weighted by molar-refractivity contribution is 5.03. The van der Waals surface area contributed by atoms with Gasteiger partial charge in [0.05, 0.1) is 0 Å². The predicted octanol–water partition coefficient (Wildman–Crippen LogP) is 2.42. The highest BCUT2D eigenvalue weighted by atomic mass is 15.2. The van der Waals surface area contributed by atoms with Gasteiger partial charge in [0, 0.05) is 24.7 Å². The molecule has 15 heavy (non-hydrogen) atoms. The number of hydrogen-bond acceptors (Lipinski definition) is 2. The number of hydrogen-bond donors (Lipinski definition) is 1. The number of nitrogens with one attached hydrogen (secondary N) is 1. The van der Waals surface area contributed by atoms with E-state index in [0.29, 0.717) is 0 Å². The molecule has 0 aromatic rings. The molecule has 0 unspecified atom stereocenters. The van der Waals surface area contributed by atoms with E-state index in [1.807, 2.05) is 0 Å². The summed E-state index contributed by atoms with van der Waals surface area (Å²) in [4.78, 5) is 2.39. The average Bonchev–Trinajstić information content (AvgIpc) is 2.98. The molecule has 1 N–H and O–H groups in total. The smallest absolute Gasteiger partial charge is 0.0205 e. The van der Waals surface area contributed by atoms with Gasteiger partial charge in [-0.1, -0.05) is 13.5 Å². The Morgan fingerprint density at radius 3 is 2.53 bits per heavy atom. The summed E-state index contributed by atoms with van der Waals surface area (Å²) in [6, 6.07) is 0.784. The fourth-order valence-electron chi connectivity index (χ4n) is 1.45. The van der Waals surface area contributed by atoms with Crippen molar-refractivity contribution in [2.45, 2.75) is 51.6 Å². The predicted molar refractivity (Wildman–Crippen MR) is 67.2 cm³/mol. The quantitative estimate of drug-likeness (QED) is 0.649. The zero-order valence-electron chi connectivity index (χ0n) is 10.8. The third-order valence-corrected chi connectivity index (χ3v) is 3.58. The van der Waals surface area contributed by atoms with Crippen LogP contribution in [0.1, 0.15) is 40.0 Å². The topological polar surface area (TPSA) is 15.3 Å². The van der Waals surface area contributed by atoms with Crippen LogP contribution in [0.25, 0.3) is 0 Å². The molecule has 2 nitrogen and oxygen atoms in total. The van der Waals surface area contributed by atoms with Crippen molar-refractivity contribution < 1.29 is 0 Å². The van der Waals surface area contributed by atoms with Crippen molar-refractivity contribution in [1.82, 2.24) is 10.2 Å². The number of likely N-dealkylation sites (N-methyl/N-ethyl adjacent to an activating group) is 1. The molecule has 0 saturated heterocycles. The Balaban J connectivity index is 2.23. The Labute approximate surface area is 94.7 Å². The summed E-state index contributed by atoms with van der Waals surface area (Å²) in [5, 5.41) is 3.50. The second-order valence-corrected chi connectivity index (χ2v) is 5.43. The molecule has 0 spiro atoms. The van der Waals surface area contributed by atoms with Crippen LogP contribution in [-0.2, 0) is 0 Å². The number of nitrogens with zero attached hydrogens (tertiary/aromatic N) is 1. The van der Waals surface area contributed by atoms with E-state index in [2.05, 4.69) is 44.6 Å². The summed E-state index contributed by atoms with van der Waals surface area (Å²) >= 11 is 0. The van der Waals surface area contributed by atoms with Crippen molar-refractivity contribution in [3.8, 4) is 0 Å². The maximum absolute atomic E-state index is 4.14. The van der Waals surface area contributed by atoms with Crippen LogP contribution >= 0.6 is 0 Å². The highest BCUT2D eigenvalue weighted by Crippen LogP contribution is 2.20. The molecule has 0 heterocycles. The van der Waals surface area contributed by atoms with E-state index in [9.17, 15) is 0 Å². The lowest BCUT2D eigenvalue weighted by Crippen LogP contribution is -2.42. The molecular formula is C13H26N2. The molecule has 1 fully saturated rings. The summed E-state index contributed by atoms with van der Waals surface area (Å²) in [6.45, 7) is 12.9. The zero-order chi connectivity index (χ0) is 11.5. The van der Waals surface area contributed by atoms with Gasteiger partial charge in [-0.25, -0.2) is 0 Å². The highest BCUT2D eigenvalue weighted by Gasteiger charge is 2.23. The standard InChI is InChI=1S/C13H26N2/c1-6-13(3,4)15(5)10-11(2)9-14-12-7-8-12/h12,14H,2,6-10H2,1,3-5H3. The zero-order valence-corrected chi connectivity index (χ0v) is 10.8. The van der Waals surface area contributed by atoms with E-state index in [1.54, 1.807) is 0 Å². The van der Waals surface area contributed by atoms with Gasteiger partial charge in [-0.3, -0.25) is 4.90 Å². The first kappa shape index (κ1) is 12.7. The second-order valence-electron chi connectivity index (χ2n) is 5.43. The lowest BCUT2D eigenvalue weighted by molar-refractivity contribution is 0.164. The lowest BCUT2D eigenvalue weighted by Gasteiger charge is -2.35. The van der Waals surface area contributed by atoms with Crippen molar-refractivity contribution in [2.75, 3.05) is 20.1 Å². The first-order chi connectivity index (χ1) is 6.95. The molecule has 2 heteroatoms. The van der Waals surface area contributed by atoms with E-state index in [4.69, 9.17) is 0 Å². The molecule has 1 aliphatic rings. The molecule has 0 aliphatic heterocycles. The minimum absolute atomic E-state index is 0.280. The fraction of sp³-hybridized carbons (Fsp3) is 0.846. The molecule has 0 bridgehead atoms. The van der Waals surface area contributed by atoms with Crippen LogP contribution in [0.3, 0.4) is 0 Å². The summed E-state index contributed by atoms with van der Waals surface area (Å²) in [5.41, 5.74) is 1.58. The minimum atomic E-state index is 0.280. The first-order valence-corrected chi connectivity index (χ1v) is 6.07. The lowest BCUT2D eigenvalue weighted by atomic mass is 9.99. The van der Waals surface area contributed by atoms with Crippen molar-refractivity contribution >= 4 is 0 Å². The van der Waals surface area contributed by atoms with Gasteiger partial charge in [-0.2, -0.15) is 0 Å². The van der Waals surface area contributed by atoms with Crippen molar-refractivity contribution in [3.63, 3.8) is 0 Å². The Morgan fingerprint density at radius 1 is 1.47 bits per heavy atom. The Kier molecular flexibility index (Phi) is 4.35. The Hall–Kier alpha value is -0.340. The molecule has 0 aromatic heterocycles. The van der Waals surface area contributed by atoms with Crippen LogP contribution < -0.4 is 5.32 Å². The summed E-state index contributed by atoms with van der Waals surface area (Å²) in [6.07, 6.45) is 3.87. The largest absolute Gasteiger partial charge is 0.310 e. The molecule has 88 valence electrons. The van der Waals surface area contributed by atoms with E-state index in [1.165, 1.54) is 24.8 Å². The third kappa shape index (κ3) is 4.35. The summed E-state index contributed by atoms with van der Waals surface area (Å²) in [7, 11) is 2.19. The van der Waals surface area contributed by atoms with Crippen LogP contribution in [0, 0.1) is 0 Å². The van der Waals surface area contributed by atoms with Crippen molar-refractivity contribution in [3.05, 3.63) is 12.2 Å². The molecule has 0 amide bonds. The molecule has 1 aliphatic carbocycles. The van der Waals surface area contributed by atoms with E-state index >= 15 is 0 Å². The van der Waals surface area contributed by atoms with E-state index < -0.39 is 0 Å². The minimum Gasteiger partial charge on any atom is -0.310 e. The van der Waals surface area contributed by atoms with Gasteiger partial charge in [0.2, 0.25) is 0 Å². The van der Waals surface area contributed by atoms with Crippen LogP contribution in [-0.4, -0.2) is 36.6 Å². The third-order valence-electron chi connectivity index (χ3n) is 3.58. The van der Waals surface area contributed by atoms with Gasteiger partial charge in [-0.15, -0.1) is 0 Å². The van der Waals surface area contributed by atoms with Crippen LogP contribution in [0.5, 0.6) is 0 Å². The molecule has 1 saturated carbocycles. The van der Waals surface area contributed by atoms with E-state index in [-0.39, 0.29) is 5.54 Å². The summed E-state index contributed by atoms with van der Waals surface area (Å²) < 4.78 is 0. The maximum Gasteiger partial charge on any atom is 0.0205 e. The monoisotopic (exact) mass is 210 g/mol. The Bertz CT molecular complexity index is 217. The van der Waals surface area contributed by atoms with Gasteiger partial charge in [0.1, 0.15) is 0 Å². The molecule has 0 aromatic carbocycles. The van der Waals surface area contributed by atoms with Gasteiger partial charge < -0.3 is 5.32 Å². The first-order valence-electron chi connectivity index (χ1n) is 6.07. The molecular weight excluding hydrogens is 184 g/mol. The number of rotatable bonds is 7. The average molecular weight is 210 g/mol. The van der Waals surface area contributed by atoms with E-state index in [0.717, 1.165) is 19.1 Å². The molecule has 0 radical (unpaired) electrons. The van der Waals surface area contributed by atoms with Crippen molar-refractivity contribution in [1.29, 1.82) is 0 Å². The summed E-state index contributed by atoms with van der Waals surface area (Å²) in [5.74, 6) is 0. The van der Waals surface area contributed by atoms with Crippen LogP contribution in [0.2, 0.25) is 0 Å². The van der Waals surface area contributed by atoms with Gasteiger partial charge in [0.25, 0.3) is 0 Å². The Morgan fingerprint density at radius 2 is 2.07 bits per heavy atom. The van der Waals surface area contributed by atoms with Crippen molar-refractivity contribution in [2.24, 2.45) is 0 Å². The van der Waals surface area contributed by atoms with Gasteiger partial charge >= 0.3 is 0 Å². The van der Waals surface area contributed by atoms with Crippen LogP contribution in [0.15, 0.2) is 12.2 Å². The van der Waals surface area contributed by atoms with Gasteiger partial charge in [-0.05, 0) is 45.7 Å². The van der Waals surface area contributed by atoms with Crippen LogP contribution in [0.4, 0.5) is 0 Å². The fourth-order valence-corrected chi connectivity index (χ4v) is 1.45. The molecule has 1 rings (SSSR count). The SMILES string of the molecule is C=C(CNC1CC1)CN(C)C(C)(C)CC. The maximum atomic E-state index is 4.14. The normalized spacial score (nSPS) is 17.1. The van der Waals surface area contributed by atoms with Gasteiger partial charge in [0.15, 0.2) is 0 Å². The second kappa shape index (κ2) is 5.13.